The van der Waals surface area contributed by atoms with Crippen LogP contribution in [0, 0.1) is 5.92 Å². The molecule has 0 bridgehead atoms. The molecule has 5 heteroatoms. The summed E-state index contributed by atoms with van der Waals surface area (Å²) < 4.78 is 24.7. The highest BCUT2D eigenvalue weighted by Crippen LogP contribution is 2.24. The van der Waals surface area contributed by atoms with Gasteiger partial charge in [0, 0.05) is 13.1 Å². The van der Waals surface area contributed by atoms with E-state index in [4.69, 9.17) is 11.6 Å². The van der Waals surface area contributed by atoms with Crippen LogP contribution in [-0.4, -0.2) is 36.9 Å². The van der Waals surface area contributed by atoms with Gasteiger partial charge in [0.05, 0.1) is 11.1 Å². The smallest absolute Gasteiger partial charge is 0.212 e. The van der Waals surface area contributed by atoms with Crippen LogP contribution in [0.25, 0.3) is 0 Å². The first kappa shape index (κ1) is 11.3. The van der Waals surface area contributed by atoms with Gasteiger partial charge in [-0.15, -0.1) is 11.6 Å². The summed E-state index contributed by atoms with van der Waals surface area (Å²) in [6.07, 6.45) is 0.667. The zero-order chi connectivity index (χ0) is 10.1. The van der Waals surface area contributed by atoms with Gasteiger partial charge in [-0.25, -0.2) is 12.7 Å². The van der Waals surface area contributed by atoms with E-state index in [0.29, 0.717) is 19.5 Å². The first-order chi connectivity index (χ1) is 5.97. The van der Waals surface area contributed by atoms with Crippen LogP contribution in [0.5, 0.6) is 0 Å². The molecule has 0 radical (unpaired) electrons. The summed E-state index contributed by atoms with van der Waals surface area (Å²) >= 11 is 5.96. The number of sulfonamides is 1. The predicted molar refractivity (Wildman–Crippen MR) is 54.5 cm³/mol. The van der Waals surface area contributed by atoms with Crippen molar-refractivity contribution in [2.75, 3.05) is 18.8 Å². The topological polar surface area (TPSA) is 37.4 Å². The van der Waals surface area contributed by atoms with Gasteiger partial charge < -0.3 is 0 Å². The number of hydrogen-bond donors (Lipinski definition) is 0. The van der Waals surface area contributed by atoms with Crippen molar-refractivity contribution in [3.05, 3.63) is 0 Å². The molecule has 1 aliphatic heterocycles. The van der Waals surface area contributed by atoms with E-state index in [2.05, 4.69) is 0 Å². The maximum absolute atomic E-state index is 11.6. The molecule has 1 heterocycles. The molecule has 0 spiro atoms. The van der Waals surface area contributed by atoms with Crippen molar-refractivity contribution in [1.82, 2.24) is 4.31 Å². The molecule has 0 aromatic carbocycles. The first-order valence-corrected chi connectivity index (χ1v) is 6.64. The predicted octanol–water partition coefficient (Wildman–Crippen LogP) is 1.29. The molecule has 1 aliphatic rings. The molecule has 3 nitrogen and oxygen atoms in total. The van der Waals surface area contributed by atoms with Gasteiger partial charge in [0.15, 0.2) is 0 Å². The Balaban J connectivity index is 2.65. The van der Waals surface area contributed by atoms with E-state index < -0.39 is 10.0 Å². The van der Waals surface area contributed by atoms with Gasteiger partial charge in [0.1, 0.15) is 0 Å². The van der Waals surface area contributed by atoms with E-state index in [1.807, 2.05) is 13.8 Å². The molecule has 0 saturated carbocycles. The van der Waals surface area contributed by atoms with E-state index >= 15 is 0 Å². The molecule has 78 valence electrons. The highest BCUT2D eigenvalue weighted by Gasteiger charge is 2.34. The number of nitrogens with zero attached hydrogens (tertiary/aromatic N) is 1. The third kappa shape index (κ3) is 2.58. The minimum absolute atomic E-state index is 0.0216. The summed E-state index contributed by atoms with van der Waals surface area (Å²) in [6.45, 7) is 4.91. The van der Waals surface area contributed by atoms with Gasteiger partial charge in [-0.05, 0) is 12.3 Å². The Morgan fingerprint density at radius 2 is 2.08 bits per heavy atom. The SMILES string of the molecule is CCCS(=O)(=O)N1CC(C)C(Cl)C1. The summed E-state index contributed by atoms with van der Waals surface area (Å²) in [6, 6.07) is 0. The molecule has 1 rings (SSSR count). The second-order valence-corrected chi connectivity index (χ2v) is 6.28. The van der Waals surface area contributed by atoms with Crippen LogP contribution in [0.2, 0.25) is 0 Å². The fourth-order valence-corrected chi connectivity index (χ4v) is 3.45. The van der Waals surface area contributed by atoms with E-state index in [9.17, 15) is 8.42 Å². The van der Waals surface area contributed by atoms with E-state index in [-0.39, 0.29) is 17.0 Å². The molecular formula is C8H16ClNO2S. The molecular weight excluding hydrogens is 210 g/mol. The quantitative estimate of drug-likeness (QED) is 0.679. The molecule has 1 saturated heterocycles. The number of halogens is 1. The molecule has 0 N–H and O–H groups in total. The van der Waals surface area contributed by atoms with Crippen molar-refractivity contribution < 1.29 is 8.42 Å². The van der Waals surface area contributed by atoms with Gasteiger partial charge in [0.25, 0.3) is 0 Å². The van der Waals surface area contributed by atoms with E-state index in [1.165, 1.54) is 4.31 Å². The normalized spacial score (nSPS) is 31.0. The Hall–Kier alpha value is 0.200. The average molecular weight is 226 g/mol. The van der Waals surface area contributed by atoms with Crippen LogP contribution < -0.4 is 0 Å². The van der Waals surface area contributed by atoms with E-state index in [1.54, 1.807) is 0 Å². The van der Waals surface area contributed by atoms with Crippen molar-refractivity contribution in [3.63, 3.8) is 0 Å². The van der Waals surface area contributed by atoms with Crippen molar-refractivity contribution in [3.8, 4) is 0 Å². The van der Waals surface area contributed by atoms with Crippen LogP contribution in [0.3, 0.4) is 0 Å². The standard InChI is InChI=1S/C8H16ClNO2S/c1-3-4-13(11,12)10-5-7(2)8(9)6-10/h7-8H,3-6H2,1-2H3. The Morgan fingerprint density at radius 1 is 1.46 bits per heavy atom. The number of hydrogen-bond acceptors (Lipinski definition) is 2. The number of alkyl halides is 1. The third-order valence-corrected chi connectivity index (χ3v) is 4.92. The van der Waals surface area contributed by atoms with Crippen molar-refractivity contribution >= 4 is 21.6 Å². The first-order valence-electron chi connectivity index (χ1n) is 4.59. The molecule has 2 unspecified atom stereocenters. The Bertz CT molecular complexity index is 255. The van der Waals surface area contributed by atoms with Gasteiger partial charge in [0.2, 0.25) is 10.0 Å². The van der Waals surface area contributed by atoms with Crippen LogP contribution in [0.15, 0.2) is 0 Å². The van der Waals surface area contributed by atoms with Crippen LogP contribution >= 0.6 is 11.6 Å². The lowest BCUT2D eigenvalue weighted by atomic mass is 10.2. The van der Waals surface area contributed by atoms with Crippen molar-refractivity contribution in [1.29, 1.82) is 0 Å². The molecule has 2 atom stereocenters. The lowest BCUT2D eigenvalue weighted by Crippen LogP contribution is -2.31. The number of rotatable bonds is 3. The fraction of sp³-hybridized carbons (Fsp3) is 1.00. The van der Waals surface area contributed by atoms with Crippen molar-refractivity contribution in [2.24, 2.45) is 5.92 Å². The highest BCUT2D eigenvalue weighted by molar-refractivity contribution is 7.89. The summed E-state index contributed by atoms with van der Waals surface area (Å²) in [7, 11) is -3.03. The van der Waals surface area contributed by atoms with Crippen LogP contribution in [0.1, 0.15) is 20.3 Å². The minimum atomic E-state index is -3.03. The Morgan fingerprint density at radius 3 is 2.46 bits per heavy atom. The maximum atomic E-state index is 11.6. The van der Waals surface area contributed by atoms with Gasteiger partial charge in [-0.2, -0.15) is 0 Å². The molecule has 13 heavy (non-hydrogen) atoms. The zero-order valence-corrected chi connectivity index (χ0v) is 9.61. The van der Waals surface area contributed by atoms with E-state index in [0.717, 1.165) is 0 Å². The van der Waals surface area contributed by atoms with Crippen LogP contribution in [-0.2, 0) is 10.0 Å². The second kappa shape index (κ2) is 4.15. The highest BCUT2D eigenvalue weighted by atomic mass is 35.5. The third-order valence-electron chi connectivity index (χ3n) is 2.34. The lowest BCUT2D eigenvalue weighted by molar-refractivity contribution is 0.464. The van der Waals surface area contributed by atoms with Crippen LogP contribution in [0.4, 0.5) is 0 Å². The zero-order valence-electron chi connectivity index (χ0n) is 8.03. The largest absolute Gasteiger partial charge is 0.214 e. The lowest BCUT2D eigenvalue weighted by Gasteiger charge is -2.14. The fourth-order valence-electron chi connectivity index (χ4n) is 1.50. The molecule has 0 amide bonds. The van der Waals surface area contributed by atoms with Gasteiger partial charge in [-0.3, -0.25) is 0 Å². The summed E-state index contributed by atoms with van der Waals surface area (Å²) in [5.41, 5.74) is 0. The maximum Gasteiger partial charge on any atom is 0.214 e. The Labute approximate surface area is 85.1 Å². The van der Waals surface area contributed by atoms with Gasteiger partial charge in [-0.1, -0.05) is 13.8 Å². The molecule has 0 aliphatic carbocycles. The Kier molecular flexibility index (Phi) is 3.60. The summed E-state index contributed by atoms with van der Waals surface area (Å²) in [5, 5.41) is -0.0216. The minimum Gasteiger partial charge on any atom is -0.212 e. The summed E-state index contributed by atoms with van der Waals surface area (Å²) in [5.74, 6) is 0.511. The molecule has 0 aromatic rings. The van der Waals surface area contributed by atoms with Crippen molar-refractivity contribution in [2.45, 2.75) is 25.6 Å². The summed E-state index contributed by atoms with van der Waals surface area (Å²) in [4.78, 5) is 0. The molecule has 0 aromatic heterocycles. The average Bonchev–Trinajstić information content (AvgIpc) is 2.33. The second-order valence-electron chi connectivity index (χ2n) is 3.63. The molecule has 1 fully saturated rings. The van der Waals surface area contributed by atoms with Gasteiger partial charge >= 0.3 is 0 Å². The monoisotopic (exact) mass is 225 g/mol.